The van der Waals surface area contributed by atoms with Gasteiger partial charge in [0.1, 0.15) is 17.5 Å². The Morgan fingerprint density at radius 3 is 2.70 bits per heavy atom. The van der Waals surface area contributed by atoms with Gasteiger partial charge in [-0.25, -0.2) is 4.39 Å². The number of ether oxygens (including phenoxy) is 1. The van der Waals surface area contributed by atoms with Crippen LogP contribution in [0.5, 0.6) is 5.75 Å². The topological polar surface area (TPSA) is 104 Å². The standard InChI is InChI=1S/C23H27FN4O5/c1-14-7-8-26(9-10-33-2)18-13-27-12-17(20(29)21(30)19(27)23(32)28(14)18)22(31)25-11-15-3-5-16(24)6-4-15/h3-6,12,14,18,30H,7-11,13H2,1-2H3,(H,25,31)/t14-,18?/m0/s1. The summed E-state index contributed by atoms with van der Waals surface area (Å²) in [6, 6.07) is 5.55. The van der Waals surface area contributed by atoms with E-state index >= 15 is 0 Å². The lowest BCUT2D eigenvalue weighted by Crippen LogP contribution is -2.64. The summed E-state index contributed by atoms with van der Waals surface area (Å²) in [5.74, 6) is -2.24. The molecule has 4 rings (SSSR count). The molecule has 2 aliphatic rings. The van der Waals surface area contributed by atoms with Crippen molar-refractivity contribution in [3.63, 3.8) is 0 Å². The fourth-order valence-corrected chi connectivity index (χ4v) is 4.48. The van der Waals surface area contributed by atoms with Crippen LogP contribution in [0.4, 0.5) is 4.39 Å². The van der Waals surface area contributed by atoms with Gasteiger partial charge < -0.3 is 24.6 Å². The van der Waals surface area contributed by atoms with Gasteiger partial charge in [-0.05, 0) is 31.0 Å². The van der Waals surface area contributed by atoms with Gasteiger partial charge in [-0.1, -0.05) is 12.1 Å². The molecular formula is C23H27FN4O5. The lowest BCUT2D eigenvalue weighted by atomic mass is 10.0. The monoisotopic (exact) mass is 458 g/mol. The number of hydrogen-bond donors (Lipinski definition) is 2. The number of nitrogens with zero attached hydrogens (tertiary/aromatic N) is 3. The number of rotatable bonds is 6. The highest BCUT2D eigenvalue weighted by Crippen LogP contribution is 2.30. The molecule has 2 N–H and O–H groups in total. The maximum absolute atomic E-state index is 13.3. The number of amides is 2. The van der Waals surface area contributed by atoms with E-state index in [4.69, 9.17) is 4.74 Å². The van der Waals surface area contributed by atoms with Gasteiger partial charge in [0.2, 0.25) is 5.43 Å². The van der Waals surface area contributed by atoms with Gasteiger partial charge in [-0.2, -0.15) is 0 Å². The van der Waals surface area contributed by atoms with Crippen LogP contribution >= 0.6 is 0 Å². The van der Waals surface area contributed by atoms with Crippen LogP contribution in [0.2, 0.25) is 0 Å². The first-order valence-corrected chi connectivity index (χ1v) is 10.9. The van der Waals surface area contributed by atoms with Gasteiger partial charge in [0.05, 0.1) is 13.2 Å². The van der Waals surface area contributed by atoms with Crippen LogP contribution in [0.25, 0.3) is 0 Å². The number of fused-ring (bicyclic) bond motifs is 2. The third-order valence-electron chi connectivity index (χ3n) is 6.30. The Bertz CT molecular complexity index is 1120. The molecule has 1 aromatic carbocycles. The summed E-state index contributed by atoms with van der Waals surface area (Å²) in [6.45, 7) is 4.25. The summed E-state index contributed by atoms with van der Waals surface area (Å²) in [7, 11) is 1.62. The number of halogens is 1. The third kappa shape index (κ3) is 4.36. The zero-order valence-electron chi connectivity index (χ0n) is 18.6. The number of pyridine rings is 1. The zero-order valence-corrected chi connectivity index (χ0v) is 18.6. The largest absolute Gasteiger partial charge is 0.503 e. The van der Waals surface area contributed by atoms with E-state index in [1.54, 1.807) is 12.0 Å². The Kier molecular flexibility index (Phi) is 6.48. The molecule has 0 saturated carbocycles. The predicted octanol–water partition coefficient (Wildman–Crippen LogP) is 1.15. The number of aromatic nitrogens is 1. The third-order valence-corrected chi connectivity index (χ3v) is 6.30. The van der Waals surface area contributed by atoms with Crippen LogP contribution in [0.3, 0.4) is 0 Å². The van der Waals surface area contributed by atoms with E-state index < -0.39 is 28.8 Å². The number of carbonyl (C=O) groups is 2. The summed E-state index contributed by atoms with van der Waals surface area (Å²) in [4.78, 5) is 42.6. The highest BCUT2D eigenvalue weighted by Gasteiger charge is 2.43. The SMILES string of the molecule is COCCN1CC[C@H](C)N2C(=O)c3c(O)c(=O)c(C(=O)NCc4ccc(F)cc4)cn3CC12. The van der Waals surface area contributed by atoms with Crippen molar-refractivity contribution < 1.29 is 23.8 Å². The fraction of sp³-hybridized carbons (Fsp3) is 0.435. The van der Waals surface area contributed by atoms with Crippen molar-refractivity contribution in [2.75, 3.05) is 26.8 Å². The highest BCUT2D eigenvalue weighted by atomic mass is 19.1. The minimum absolute atomic E-state index is 0.0526. The molecule has 3 heterocycles. The van der Waals surface area contributed by atoms with E-state index in [-0.39, 0.29) is 30.0 Å². The molecule has 9 nitrogen and oxygen atoms in total. The molecule has 2 aliphatic heterocycles. The van der Waals surface area contributed by atoms with Crippen LogP contribution in [-0.2, 0) is 17.8 Å². The molecule has 33 heavy (non-hydrogen) atoms. The van der Waals surface area contributed by atoms with Crippen LogP contribution in [-0.4, -0.2) is 70.3 Å². The summed E-state index contributed by atoms with van der Waals surface area (Å²) in [5.41, 5.74) is -0.605. The van der Waals surface area contributed by atoms with Crippen molar-refractivity contribution in [2.45, 2.75) is 38.6 Å². The minimum Gasteiger partial charge on any atom is -0.503 e. The lowest BCUT2D eigenvalue weighted by Gasteiger charge is -2.50. The summed E-state index contributed by atoms with van der Waals surface area (Å²) in [6.07, 6.45) is 1.82. The Labute approximate surface area is 190 Å². The fourth-order valence-electron chi connectivity index (χ4n) is 4.48. The van der Waals surface area contributed by atoms with E-state index in [2.05, 4.69) is 10.2 Å². The van der Waals surface area contributed by atoms with E-state index in [9.17, 15) is 23.9 Å². The number of carbonyl (C=O) groups excluding carboxylic acids is 2. The molecule has 1 saturated heterocycles. The van der Waals surface area contributed by atoms with Crippen molar-refractivity contribution in [3.8, 4) is 5.75 Å². The van der Waals surface area contributed by atoms with E-state index in [0.29, 0.717) is 25.3 Å². The number of hydrogen-bond acceptors (Lipinski definition) is 6. The highest BCUT2D eigenvalue weighted by molar-refractivity contribution is 5.99. The maximum atomic E-state index is 13.3. The summed E-state index contributed by atoms with van der Waals surface area (Å²) < 4.78 is 19.8. The van der Waals surface area contributed by atoms with Crippen molar-refractivity contribution in [2.24, 2.45) is 0 Å². The van der Waals surface area contributed by atoms with Crippen LogP contribution < -0.4 is 10.7 Å². The second kappa shape index (κ2) is 9.32. The van der Waals surface area contributed by atoms with Gasteiger partial charge in [0, 0.05) is 39.0 Å². The number of methoxy groups -OCH3 is 1. The molecule has 176 valence electrons. The van der Waals surface area contributed by atoms with Crippen LogP contribution in [0, 0.1) is 5.82 Å². The first-order valence-electron chi connectivity index (χ1n) is 10.9. The van der Waals surface area contributed by atoms with Gasteiger partial charge >= 0.3 is 0 Å². The molecule has 0 bridgehead atoms. The molecule has 1 fully saturated rings. The quantitative estimate of drug-likeness (QED) is 0.673. The molecule has 1 unspecified atom stereocenters. The molecule has 0 radical (unpaired) electrons. The first kappa shape index (κ1) is 22.9. The first-order chi connectivity index (χ1) is 15.8. The van der Waals surface area contributed by atoms with E-state index in [1.807, 2.05) is 6.92 Å². The summed E-state index contributed by atoms with van der Waals surface area (Å²) in [5, 5.41) is 13.2. The molecule has 2 atom stereocenters. The Hall–Kier alpha value is -3.24. The van der Waals surface area contributed by atoms with Crippen LogP contribution in [0.1, 0.15) is 39.8 Å². The summed E-state index contributed by atoms with van der Waals surface area (Å²) >= 11 is 0. The number of nitrogens with one attached hydrogen (secondary N) is 1. The average Bonchev–Trinajstić information content (AvgIpc) is 2.80. The molecule has 0 spiro atoms. The predicted molar refractivity (Wildman–Crippen MR) is 117 cm³/mol. The van der Waals surface area contributed by atoms with Crippen molar-refractivity contribution >= 4 is 11.8 Å². The van der Waals surface area contributed by atoms with E-state index in [0.717, 1.165) is 13.0 Å². The molecule has 1 aromatic heterocycles. The van der Waals surface area contributed by atoms with Crippen LogP contribution in [0.15, 0.2) is 35.3 Å². The molecule has 0 aliphatic carbocycles. The Balaban J connectivity index is 1.63. The number of aromatic hydroxyl groups is 1. The smallest absolute Gasteiger partial charge is 0.276 e. The lowest BCUT2D eigenvalue weighted by molar-refractivity contribution is -0.0396. The van der Waals surface area contributed by atoms with Gasteiger partial charge in [0.25, 0.3) is 11.8 Å². The molecular weight excluding hydrogens is 431 g/mol. The van der Waals surface area contributed by atoms with Crippen molar-refractivity contribution in [3.05, 3.63) is 63.3 Å². The van der Waals surface area contributed by atoms with Crippen molar-refractivity contribution in [1.29, 1.82) is 0 Å². The molecule has 2 amide bonds. The normalized spacial score (nSPS) is 20.3. The Morgan fingerprint density at radius 2 is 2.00 bits per heavy atom. The zero-order chi connectivity index (χ0) is 23.7. The molecule has 10 heteroatoms. The minimum atomic E-state index is -0.898. The molecule has 2 aromatic rings. The Morgan fingerprint density at radius 1 is 1.27 bits per heavy atom. The average molecular weight is 458 g/mol. The second-order valence-corrected chi connectivity index (χ2v) is 8.39. The van der Waals surface area contributed by atoms with Gasteiger partial charge in [0.15, 0.2) is 11.4 Å². The number of benzene rings is 1. The van der Waals surface area contributed by atoms with E-state index in [1.165, 1.54) is 35.0 Å². The maximum Gasteiger partial charge on any atom is 0.276 e. The van der Waals surface area contributed by atoms with Crippen molar-refractivity contribution in [1.82, 2.24) is 19.7 Å². The second-order valence-electron chi connectivity index (χ2n) is 8.39. The van der Waals surface area contributed by atoms with Gasteiger partial charge in [-0.15, -0.1) is 0 Å². The van der Waals surface area contributed by atoms with Gasteiger partial charge in [-0.3, -0.25) is 19.3 Å².